The van der Waals surface area contributed by atoms with Crippen molar-refractivity contribution in [1.29, 1.82) is 0 Å². The van der Waals surface area contributed by atoms with Crippen molar-refractivity contribution in [2.75, 3.05) is 10.0 Å². The van der Waals surface area contributed by atoms with E-state index < -0.39 is 15.3 Å². The molecule has 1 saturated carbocycles. The van der Waals surface area contributed by atoms with Crippen molar-refractivity contribution in [1.82, 2.24) is 10.2 Å². The van der Waals surface area contributed by atoms with Crippen LogP contribution >= 0.6 is 0 Å². The van der Waals surface area contributed by atoms with Crippen molar-refractivity contribution in [3.8, 4) is 11.1 Å². The predicted molar refractivity (Wildman–Crippen MR) is 111 cm³/mol. The Morgan fingerprint density at radius 1 is 1.14 bits per heavy atom. The molecule has 1 amide bonds. The molecule has 1 aromatic heterocycles. The van der Waals surface area contributed by atoms with Crippen LogP contribution < -0.4 is 10.0 Å². The second-order valence-corrected chi connectivity index (χ2v) is 9.61. The van der Waals surface area contributed by atoms with E-state index in [1.165, 1.54) is 0 Å². The molecule has 1 fully saturated rings. The maximum absolute atomic E-state index is 12.1. The molecule has 2 aromatic carbocycles. The zero-order valence-electron chi connectivity index (χ0n) is 15.7. The van der Waals surface area contributed by atoms with Gasteiger partial charge in [-0.05, 0) is 62.1 Å². The highest BCUT2D eigenvalue weighted by atomic mass is 32.2. The minimum atomic E-state index is -3.40. The highest BCUT2D eigenvalue weighted by Gasteiger charge is 2.30. The lowest BCUT2D eigenvalue weighted by Crippen LogP contribution is -2.22. The monoisotopic (exact) mass is 398 g/mol. The highest BCUT2D eigenvalue weighted by molar-refractivity contribution is 7.93. The molecule has 0 aliphatic heterocycles. The first-order valence-corrected chi connectivity index (χ1v) is 10.8. The molecule has 7 nitrogen and oxygen atoms in total. The Bertz CT molecular complexity index is 1150. The summed E-state index contributed by atoms with van der Waals surface area (Å²) in [5.41, 5.74) is 3.12. The van der Waals surface area contributed by atoms with Gasteiger partial charge in [-0.1, -0.05) is 18.2 Å². The fraction of sp³-hybridized carbons (Fsp3) is 0.300. The van der Waals surface area contributed by atoms with Crippen LogP contribution in [0.4, 0.5) is 11.5 Å². The number of sulfonamides is 1. The summed E-state index contributed by atoms with van der Waals surface area (Å²) >= 11 is 0. The Hall–Kier alpha value is -2.87. The molecule has 0 saturated heterocycles. The number of aromatic amines is 1. The van der Waals surface area contributed by atoms with Crippen molar-refractivity contribution in [3.63, 3.8) is 0 Å². The van der Waals surface area contributed by atoms with Gasteiger partial charge in [0.25, 0.3) is 0 Å². The minimum Gasteiger partial charge on any atom is -0.308 e. The molecule has 0 radical (unpaired) electrons. The van der Waals surface area contributed by atoms with Crippen LogP contribution in [-0.2, 0) is 14.8 Å². The largest absolute Gasteiger partial charge is 0.308 e. The van der Waals surface area contributed by atoms with Gasteiger partial charge >= 0.3 is 0 Å². The molecule has 1 aliphatic rings. The van der Waals surface area contributed by atoms with Crippen LogP contribution in [0.2, 0.25) is 0 Å². The standard InChI is InChI=1S/C20H22N4O3S/c1-12(2)28(26,27)24-16-5-3-4-14(10-16)15-8-9-17-18(11-15)22-23-19(17)21-20(25)13-6-7-13/h3-5,8-13,24H,6-7H2,1-2H3,(H2,21,22,23,25). The fourth-order valence-electron chi connectivity index (χ4n) is 2.90. The minimum absolute atomic E-state index is 0.0163. The molecule has 0 spiro atoms. The van der Waals surface area contributed by atoms with Gasteiger partial charge in [0, 0.05) is 17.0 Å². The number of benzene rings is 2. The second-order valence-electron chi connectivity index (χ2n) is 7.37. The van der Waals surface area contributed by atoms with E-state index in [0.717, 1.165) is 34.9 Å². The van der Waals surface area contributed by atoms with Crippen molar-refractivity contribution >= 4 is 38.3 Å². The van der Waals surface area contributed by atoms with Gasteiger partial charge in [0.15, 0.2) is 5.82 Å². The summed E-state index contributed by atoms with van der Waals surface area (Å²) in [5.74, 6) is 0.669. The lowest BCUT2D eigenvalue weighted by atomic mass is 10.0. The highest BCUT2D eigenvalue weighted by Crippen LogP contribution is 2.32. The average molecular weight is 398 g/mol. The fourth-order valence-corrected chi connectivity index (χ4v) is 3.59. The molecule has 0 unspecified atom stereocenters. The summed E-state index contributed by atoms with van der Waals surface area (Å²) in [6.45, 7) is 3.27. The van der Waals surface area contributed by atoms with Gasteiger partial charge in [0.1, 0.15) is 0 Å². The summed E-state index contributed by atoms with van der Waals surface area (Å²) < 4.78 is 26.8. The maximum Gasteiger partial charge on any atom is 0.235 e. The first-order chi connectivity index (χ1) is 13.3. The predicted octanol–water partition coefficient (Wildman–Crippen LogP) is 3.73. The number of rotatable bonds is 6. The van der Waals surface area contributed by atoms with Crippen LogP contribution in [0.5, 0.6) is 0 Å². The second kappa shape index (κ2) is 6.94. The summed E-state index contributed by atoms with van der Waals surface area (Å²) in [4.78, 5) is 12.0. The number of anilines is 2. The molecule has 1 heterocycles. The summed E-state index contributed by atoms with van der Waals surface area (Å²) in [7, 11) is -3.40. The van der Waals surface area contributed by atoms with Crippen molar-refractivity contribution in [2.24, 2.45) is 5.92 Å². The van der Waals surface area contributed by atoms with Gasteiger partial charge in [-0.25, -0.2) is 8.42 Å². The van der Waals surface area contributed by atoms with E-state index in [2.05, 4.69) is 20.2 Å². The van der Waals surface area contributed by atoms with Gasteiger partial charge in [-0.2, -0.15) is 5.10 Å². The number of amides is 1. The molecule has 4 rings (SSSR count). The average Bonchev–Trinajstić information content (AvgIpc) is 3.44. The van der Waals surface area contributed by atoms with Crippen LogP contribution in [0.25, 0.3) is 22.0 Å². The van der Waals surface area contributed by atoms with Crippen LogP contribution in [0, 0.1) is 5.92 Å². The normalized spacial score (nSPS) is 14.4. The van der Waals surface area contributed by atoms with Gasteiger partial charge in [-0.3, -0.25) is 14.6 Å². The Kier molecular flexibility index (Phi) is 4.58. The number of fused-ring (bicyclic) bond motifs is 1. The van der Waals surface area contributed by atoms with E-state index in [4.69, 9.17) is 0 Å². The van der Waals surface area contributed by atoms with E-state index in [1.807, 2.05) is 30.3 Å². The molecule has 3 aromatic rings. The Morgan fingerprint density at radius 2 is 1.89 bits per heavy atom. The van der Waals surface area contributed by atoms with Crippen LogP contribution in [-0.4, -0.2) is 29.8 Å². The Labute approximate surface area is 163 Å². The van der Waals surface area contributed by atoms with E-state index >= 15 is 0 Å². The number of H-pyrrole nitrogens is 1. The Morgan fingerprint density at radius 3 is 2.61 bits per heavy atom. The number of carbonyl (C=O) groups is 1. The molecule has 0 atom stereocenters. The Balaban J connectivity index is 1.61. The SMILES string of the molecule is CC(C)S(=O)(=O)Nc1cccc(-c2ccc3c(NC(=O)C4CC4)n[nH]c3c2)c1. The first-order valence-electron chi connectivity index (χ1n) is 9.24. The number of aromatic nitrogens is 2. The maximum atomic E-state index is 12.1. The molecule has 0 bridgehead atoms. The summed E-state index contributed by atoms with van der Waals surface area (Å²) in [6.07, 6.45) is 1.88. The summed E-state index contributed by atoms with van der Waals surface area (Å²) in [5, 5.41) is 10.4. The van der Waals surface area contributed by atoms with Gasteiger partial charge in [-0.15, -0.1) is 0 Å². The smallest absolute Gasteiger partial charge is 0.235 e. The zero-order chi connectivity index (χ0) is 19.9. The molecule has 28 heavy (non-hydrogen) atoms. The lowest BCUT2D eigenvalue weighted by Gasteiger charge is -2.12. The molecule has 1 aliphatic carbocycles. The quantitative estimate of drug-likeness (QED) is 0.588. The number of carbonyl (C=O) groups excluding carboxylic acids is 1. The molecule has 3 N–H and O–H groups in total. The molecule has 146 valence electrons. The molecular formula is C20H22N4O3S. The number of hydrogen-bond acceptors (Lipinski definition) is 4. The van der Waals surface area contributed by atoms with Gasteiger partial charge in [0.05, 0.1) is 10.8 Å². The van der Waals surface area contributed by atoms with Crippen molar-refractivity contribution in [3.05, 3.63) is 42.5 Å². The van der Waals surface area contributed by atoms with Crippen LogP contribution in [0.3, 0.4) is 0 Å². The lowest BCUT2D eigenvalue weighted by molar-refractivity contribution is -0.117. The van der Waals surface area contributed by atoms with Crippen LogP contribution in [0.1, 0.15) is 26.7 Å². The van der Waals surface area contributed by atoms with Gasteiger partial charge in [0.2, 0.25) is 15.9 Å². The third-order valence-electron chi connectivity index (χ3n) is 4.83. The summed E-state index contributed by atoms with van der Waals surface area (Å²) in [6, 6.07) is 13.0. The van der Waals surface area contributed by atoms with E-state index in [-0.39, 0.29) is 11.8 Å². The third kappa shape index (κ3) is 3.73. The van der Waals surface area contributed by atoms with E-state index in [9.17, 15) is 13.2 Å². The third-order valence-corrected chi connectivity index (χ3v) is 6.59. The van der Waals surface area contributed by atoms with E-state index in [0.29, 0.717) is 11.5 Å². The van der Waals surface area contributed by atoms with Crippen molar-refractivity contribution < 1.29 is 13.2 Å². The first kappa shape index (κ1) is 18.5. The van der Waals surface area contributed by atoms with E-state index in [1.54, 1.807) is 26.0 Å². The zero-order valence-corrected chi connectivity index (χ0v) is 16.5. The van der Waals surface area contributed by atoms with Crippen LogP contribution in [0.15, 0.2) is 42.5 Å². The number of hydrogen-bond donors (Lipinski definition) is 3. The number of nitrogens with zero attached hydrogens (tertiary/aromatic N) is 1. The number of nitrogens with one attached hydrogen (secondary N) is 3. The topological polar surface area (TPSA) is 104 Å². The van der Waals surface area contributed by atoms with Gasteiger partial charge < -0.3 is 5.32 Å². The molecular weight excluding hydrogens is 376 g/mol. The molecule has 8 heteroatoms. The van der Waals surface area contributed by atoms with Crippen molar-refractivity contribution in [2.45, 2.75) is 31.9 Å².